The minimum atomic E-state index is 0.354. The van der Waals surface area contributed by atoms with Crippen LogP contribution in [0.3, 0.4) is 0 Å². The third kappa shape index (κ3) is 1.78. The highest BCUT2D eigenvalue weighted by Crippen LogP contribution is 2.32. The van der Waals surface area contributed by atoms with E-state index >= 15 is 0 Å². The third-order valence-corrected chi connectivity index (χ3v) is 4.16. The second-order valence-electron chi connectivity index (χ2n) is 5.43. The monoisotopic (exact) mass is 267 g/mol. The normalized spacial score (nSPS) is 18.1. The van der Waals surface area contributed by atoms with E-state index in [9.17, 15) is 0 Å². The Hall–Kier alpha value is -2.30. The number of H-pyrrole nitrogens is 1. The number of hydrogen-bond donors (Lipinski definition) is 2. The van der Waals surface area contributed by atoms with E-state index in [1.165, 1.54) is 17.7 Å². The molecule has 0 spiro atoms. The number of benzene rings is 1. The van der Waals surface area contributed by atoms with Gasteiger partial charge in [-0.15, -0.1) is 0 Å². The number of hydrogen-bond acceptors (Lipinski definition) is 3. The summed E-state index contributed by atoms with van der Waals surface area (Å²) in [7, 11) is 2.03. The zero-order valence-corrected chi connectivity index (χ0v) is 11.4. The summed E-state index contributed by atoms with van der Waals surface area (Å²) in [6.07, 6.45) is 7.33. The number of aromatic nitrogens is 4. The summed E-state index contributed by atoms with van der Waals surface area (Å²) in [6, 6.07) is 6.68. The zero-order valence-electron chi connectivity index (χ0n) is 11.4. The van der Waals surface area contributed by atoms with E-state index in [0.717, 1.165) is 29.4 Å². The maximum atomic E-state index is 4.39. The van der Waals surface area contributed by atoms with Crippen LogP contribution in [0.25, 0.3) is 10.9 Å². The Morgan fingerprint density at radius 1 is 1.35 bits per heavy atom. The number of anilines is 1. The fourth-order valence-electron chi connectivity index (χ4n) is 3.08. The van der Waals surface area contributed by atoms with Gasteiger partial charge < -0.3 is 5.32 Å². The largest absolute Gasteiger partial charge is 0.378 e. The van der Waals surface area contributed by atoms with Crippen molar-refractivity contribution in [2.75, 3.05) is 5.32 Å². The molecule has 2 N–H and O–H groups in total. The van der Waals surface area contributed by atoms with Gasteiger partial charge in [0, 0.05) is 29.4 Å². The number of aromatic amines is 1. The summed E-state index contributed by atoms with van der Waals surface area (Å²) in [5.74, 6) is 0. The molecule has 102 valence electrons. The number of fused-ring (bicyclic) bond motifs is 2. The predicted octanol–water partition coefficient (Wildman–Crippen LogP) is 2.79. The Morgan fingerprint density at radius 2 is 2.30 bits per heavy atom. The Kier molecular flexibility index (Phi) is 2.52. The van der Waals surface area contributed by atoms with E-state index in [2.05, 4.69) is 38.8 Å². The van der Waals surface area contributed by atoms with Crippen molar-refractivity contribution in [2.45, 2.75) is 25.3 Å². The highest BCUT2D eigenvalue weighted by molar-refractivity contribution is 5.81. The van der Waals surface area contributed by atoms with Crippen LogP contribution < -0.4 is 5.32 Å². The molecule has 0 saturated heterocycles. The minimum absolute atomic E-state index is 0.354. The summed E-state index contributed by atoms with van der Waals surface area (Å²) in [5.41, 5.74) is 4.89. The molecule has 0 aliphatic heterocycles. The second kappa shape index (κ2) is 4.37. The van der Waals surface area contributed by atoms with Crippen LogP contribution in [-0.2, 0) is 13.5 Å². The quantitative estimate of drug-likeness (QED) is 0.750. The molecule has 5 heteroatoms. The lowest BCUT2D eigenvalue weighted by atomic mass is 9.93. The minimum Gasteiger partial charge on any atom is -0.378 e. The van der Waals surface area contributed by atoms with Crippen LogP contribution in [0.5, 0.6) is 0 Å². The van der Waals surface area contributed by atoms with Gasteiger partial charge in [-0.1, -0.05) is 0 Å². The standard InChI is InChI=1S/C15H17N5/c1-20-15-4-2-3-13(12(15)9-17-20)18-11-6-5-10-8-16-19-14(10)7-11/h5-9,13,18H,2-4H2,1H3,(H,16,19). The van der Waals surface area contributed by atoms with Crippen LogP contribution in [-0.4, -0.2) is 20.0 Å². The molecule has 1 aromatic carbocycles. The Bertz CT molecular complexity index is 755. The molecular weight excluding hydrogens is 250 g/mol. The molecule has 1 unspecified atom stereocenters. The lowest BCUT2D eigenvalue weighted by Gasteiger charge is -2.24. The molecule has 2 heterocycles. The van der Waals surface area contributed by atoms with Crippen LogP contribution in [0, 0.1) is 0 Å². The van der Waals surface area contributed by atoms with E-state index < -0.39 is 0 Å². The van der Waals surface area contributed by atoms with E-state index in [-0.39, 0.29) is 0 Å². The van der Waals surface area contributed by atoms with Gasteiger partial charge in [0.05, 0.1) is 24.0 Å². The Balaban J connectivity index is 1.65. The molecule has 5 nitrogen and oxygen atoms in total. The molecule has 1 aliphatic carbocycles. The fourth-order valence-corrected chi connectivity index (χ4v) is 3.08. The van der Waals surface area contributed by atoms with Crippen molar-refractivity contribution in [1.29, 1.82) is 0 Å². The molecule has 2 aromatic heterocycles. The molecule has 20 heavy (non-hydrogen) atoms. The van der Waals surface area contributed by atoms with Crippen molar-refractivity contribution >= 4 is 16.6 Å². The topological polar surface area (TPSA) is 58.5 Å². The SMILES string of the molecule is Cn1ncc2c1CCCC2Nc1ccc2cn[nH]c2c1. The average Bonchev–Trinajstić information content (AvgIpc) is 3.06. The van der Waals surface area contributed by atoms with Gasteiger partial charge in [-0.25, -0.2) is 0 Å². The lowest BCUT2D eigenvalue weighted by Crippen LogP contribution is -2.17. The summed E-state index contributed by atoms with van der Waals surface area (Å²) in [4.78, 5) is 0. The highest BCUT2D eigenvalue weighted by atomic mass is 15.3. The van der Waals surface area contributed by atoms with Crippen LogP contribution in [0.2, 0.25) is 0 Å². The second-order valence-corrected chi connectivity index (χ2v) is 5.43. The summed E-state index contributed by atoms with van der Waals surface area (Å²) in [6.45, 7) is 0. The highest BCUT2D eigenvalue weighted by Gasteiger charge is 2.23. The van der Waals surface area contributed by atoms with Gasteiger partial charge >= 0.3 is 0 Å². The Labute approximate surface area is 117 Å². The molecule has 0 fully saturated rings. The van der Waals surface area contributed by atoms with Crippen LogP contribution in [0.4, 0.5) is 5.69 Å². The molecule has 0 amide bonds. The predicted molar refractivity (Wildman–Crippen MR) is 78.6 cm³/mol. The van der Waals surface area contributed by atoms with Gasteiger partial charge in [0.15, 0.2) is 0 Å². The maximum Gasteiger partial charge on any atom is 0.0670 e. The van der Waals surface area contributed by atoms with Gasteiger partial charge in [0.2, 0.25) is 0 Å². The average molecular weight is 267 g/mol. The van der Waals surface area contributed by atoms with Crippen LogP contribution in [0.15, 0.2) is 30.6 Å². The van der Waals surface area contributed by atoms with Crippen molar-refractivity contribution in [1.82, 2.24) is 20.0 Å². The molecule has 3 aromatic rings. The fraction of sp³-hybridized carbons (Fsp3) is 0.333. The molecule has 1 atom stereocenters. The van der Waals surface area contributed by atoms with Crippen molar-refractivity contribution in [3.8, 4) is 0 Å². The molecule has 4 rings (SSSR count). The third-order valence-electron chi connectivity index (χ3n) is 4.16. The Morgan fingerprint density at radius 3 is 3.25 bits per heavy atom. The number of nitrogens with zero attached hydrogens (tertiary/aromatic N) is 3. The van der Waals surface area contributed by atoms with Crippen molar-refractivity contribution in [3.05, 3.63) is 41.9 Å². The first-order valence-corrected chi connectivity index (χ1v) is 7.02. The van der Waals surface area contributed by atoms with E-state index in [0.29, 0.717) is 6.04 Å². The molecule has 1 aliphatic rings. The van der Waals surface area contributed by atoms with Crippen molar-refractivity contribution < 1.29 is 0 Å². The molecular formula is C15H17N5. The number of rotatable bonds is 2. The van der Waals surface area contributed by atoms with Crippen LogP contribution in [0.1, 0.15) is 30.1 Å². The smallest absolute Gasteiger partial charge is 0.0670 e. The van der Waals surface area contributed by atoms with E-state index in [4.69, 9.17) is 0 Å². The van der Waals surface area contributed by atoms with Gasteiger partial charge in [-0.2, -0.15) is 10.2 Å². The molecule has 0 radical (unpaired) electrons. The molecule has 0 saturated carbocycles. The number of nitrogens with one attached hydrogen (secondary N) is 2. The van der Waals surface area contributed by atoms with Crippen molar-refractivity contribution in [3.63, 3.8) is 0 Å². The van der Waals surface area contributed by atoms with Crippen LogP contribution >= 0.6 is 0 Å². The summed E-state index contributed by atoms with van der Waals surface area (Å²) >= 11 is 0. The zero-order chi connectivity index (χ0) is 13.5. The van der Waals surface area contributed by atoms with Gasteiger partial charge in [-0.3, -0.25) is 9.78 Å². The summed E-state index contributed by atoms with van der Waals surface area (Å²) in [5, 5.41) is 16.2. The first-order valence-electron chi connectivity index (χ1n) is 7.02. The summed E-state index contributed by atoms with van der Waals surface area (Å²) < 4.78 is 2.00. The van der Waals surface area contributed by atoms with Crippen molar-refractivity contribution in [2.24, 2.45) is 7.05 Å². The van der Waals surface area contributed by atoms with Gasteiger partial charge in [0.25, 0.3) is 0 Å². The van der Waals surface area contributed by atoms with Gasteiger partial charge in [0.1, 0.15) is 0 Å². The van der Waals surface area contributed by atoms with Gasteiger partial charge in [-0.05, 0) is 37.5 Å². The molecule has 0 bridgehead atoms. The first kappa shape index (κ1) is 11.5. The van der Waals surface area contributed by atoms with E-state index in [1.807, 2.05) is 24.1 Å². The number of aryl methyl sites for hydroxylation is 1. The first-order chi connectivity index (χ1) is 9.81. The maximum absolute atomic E-state index is 4.39. The lowest BCUT2D eigenvalue weighted by molar-refractivity contribution is 0.571. The van der Waals surface area contributed by atoms with E-state index in [1.54, 1.807) is 0 Å².